The summed E-state index contributed by atoms with van der Waals surface area (Å²) in [4.78, 5) is 22.9. The third-order valence-corrected chi connectivity index (χ3v) is 3.55. The van der Waals surface area contributed by atoms with Crippen LogP contribution in [0.15, 0.2) is 48.7 Å². The lowest BCUT2D eigenvalue weighted by Gasteiger charge is -2.03. The van der Waals surface area contributed by atoms with Gasteiger partial charge in [-0.2, -0.15) is 5.26 Å². The Morgan fingerprint density at radius 3 is 2.52 bits per heavy atom. The first-order chi connectivity index (χ1) is 11.0. The smallest absolute Gasteiger partial charge is 0.269 e. The third-order valence-electron chi connectivity index (χ3n) is 3.55. The molecule has 23 heavy (non-hydrogen) atoms. The standard InChI is InChI=1S/C16H10N4O3/c17-9-12-13-3-1-2-8-19(13)15(14(12)18)16(21)10-4-6-11(7-5-10)20(22)23/h1-8H,18H2. The first-order valence-corrected chi connectivity index (χ1v) is 6.62. The number of ketones is 1. The Morgan fingerprint density at radius 1 is 1.22 bits per heavy atom. The number of carbonyl (C=O) groups excluding carboxylic acids is 1. The number of nitrogens with zero attached hydrogens (tertiary/aromatic N) is 3. The van der Waals surface area contributed by atoms with E-state index in [1.807, 2.05) is 6.07 Å². The zero-order chi connectivity index (χ0) is 16.6. The van der Waals surface area contributed by atoms with Gasteiger partial charge in [-0.05, 0) is 24.3 Å². The summed E-state index contributed by atoms with van der Waals surface area (Å²) in [6, 6.07) is 12.4. The normalized spacial score (nSPS) is 10.4. The molecule has 2 heterocycles. The highest BCUT2D eigenvalue weighted by atomic mass is 16.6. The van der Waals surface area contributed by atoms with Crippen LogP contribution in [0.25, 0.3) is 5.52 Å². The molecule has 2 aromatic heterocycles. The van der Waals surface area contributed by atoms with Gasteiger partial charge >= 0.3 is 0 Å². The molecule has 3 rings (SSSR count). The van der Waals surface area contributed by atoms with Crippen molar-refractivity contribution in [2.45, 2.75) is 0 Å². The maximum atomic E-state index is 12.7. The Kier molecular flexibility index (Phi) is 3.27. The number of nitrogens with two attached hydrogens (primary N) is 1. The summed E-state index contributed by atoms with van der Waals surface area (Å²) in [6.45, 7) is 0. The summed E-state index contributed by atoms with van der Waals surface area (Å²) in [5.74, 6) is -0.403. The van der Waals surface area contributed by atoms with Crippen molar-refractivity contribution in [3.8, 4) is 6.07 Å². The highest BCUT2D eigenvalue weighted by Gasteiger charge is 2.22. The van der Waals surface area contributed by atoms with E-state index in [-0.39, 0.29) is 28.2 Å². The van der Waals surface area contributed by atoms with E-state index in [0.29, 0.717) is 5.52 Å². The molecule has 0 fully saturated rings. The van der Waals surface area contributed by atoms with Crippen molar-refractivity contribution < 1.29 is 9.72 Å². The van der Waals surface area contributed by atoms with Gasteiger partial charge in [-0.25, -0.2) is 0 Å². The molecule has 0 radical (unpaired) electrons. The minimum Gasteiger partial charge on any atom is -0.396 e. The van der Waals surface area contributed by atoms with Gasteiger partial charge in [0, 0.05) is 23.9 Å². The van der Waals surface area contributed by atoms with Crippen LogP contribution in [-0.4, -0.2) is 15.1 Å². The number of hydrogen-bond donors (Lipinski definition) is 1. The SMILES string of the molecule is N#Cc1c(N)c(C(=O)c2ccc([N+](=O)[O-])cc2)n2ccccc12. The number of non-ortho nitro benzene ring substituents is 1. The summed E-state index contributed by atoms with van der Waals surface area (Å²) in [7, 11) is 0. The van der Waals surface area contributed by atoms with Crippen LogP contribution in [-0.2, 0) is 0 Å². The van der Waals surface area contributed by atoms with Crippen LogP contribution in [0, 0.1) is 21.4 Å². The predicted molar refractivity (Wildman–Crippen MR) is 83.1 cm³/mol. The number of nitro groups is 1. The van der Waals surface area contributed by atoms with Crippen molar-refractivity contribution in [2.75, 3.05) is 5.73 Å². The van der Waals surface area contributed by atoms with Gasteiger partial charge in [0.25, 0.3) is 5.69 Å². The highest BCUT2D eigenvalue weighted by molar-refractivity contribution is 6.13. The number of hydrogen-bond acceptors (Lipinski definition) is 5. The Hall–Kier alpha value is -3.66. The van der Waals surface area contributed by atoms with E-state index < -0.39 is 10.7 Å². The fraction of sp³-hybridized carbons (Fsp3) is 0. The van der Waals surface area contributed by atoms with Gasteiger partial charge in [-0.15, -0.1) is 0 Å². The zero-order valence-corrected chi connectivity index (χ0v) is 11.8. The molecule has 0 saturated carbocycles. The van der Waals surface area contributed by atoms with Crippen LogP contribution in [0.3, 0.4) is 0 Å². The van der Waals surface area contributed by atoms with E-state index >= 15 is 0 Å². The largest absolute Gasteiger partial charge is 0.396 e. The van der Waals surface area contributed by atoms with Gasteiger partial charge in [0.2, 0.25) is 5.78 Å². The molecule has 7 nitrogen and oxygen atoms in total. The zero-order valence-electron chi connectivity index (χ0n) is 11.8. The summed E-state index contributed by atoms with van der Waals surface area (Å²) in [6.07, 6.45) is 1.64. The van der Waals surface area contributed by atoms with E-state index in [9.17, 15) is 20.2 Å². The molecule has 3 aromatic rings. The number of anilines is 1. The molecule has 0 spiro atoms. The lowest BCUT2D eigenvalue weighted by Crippen LogP contribution is -2.08. The van der Waals surface area contributed by atoms with Crippen molar-refractivity contribution >= 4 is 22.7 Å². The number of rotatable bonds is 3. The second-order valence-electron chi connectivity index (χ2n) is 4.84. The van der Waals surface area contributed by atoms with Crippen LogP contribution < -0.4 is 5.73 Å². The van der Waals surface area contributed by atoms with Crippen molar-refractivity contribution in [3.63, 3.8) is 0 Å². The first kappa shape index (κ1) is 14.3. The number of fused-ring (bicyclic) bond motifs is 1. The summed E-state index contributed by atoms with van der Waals surface area (Å²) < 4.78 is 1.55. The van der Waals surface area contributed by atoms with E-state index in [0.717, 1.165) is 0 Å². The summed E-state index contributed by atoms with van der Waals surface area (Å²) in [5.41, 5.74) is 7.17. The summed E-state index contributed by atoms with van der Waals surface area (Å²) in [5, 5.41) is 19.9. The molecule has 0 saturated heterocycles. The van der Waals surface area contributed by atoms with E-state index in [1.54, 1.807) is 28.8 Å². The summed E-state index contributed by atoms with van der Waals surface area (Å²) >= 11 is 0. The average Bonchev–Trinajstić information content (AvgIpc) is 2.85. The van der Waals surface area contributed by atoms with Gasteiger partial charge < -0.3 is 10.1 Å². The van der Waals surface area contributed by atoms with Crippen molar-refractivity contribution in [2.24, 2.45) is 0 Å². The topological polar surface area (TPSA) is 114 Å². The number of aromatic nitrogens is 1. The molecule has 7 heteroatoms. The maximum absolute atomic E-state index is 12.7. The van der Waals surface area contributed by atoms with E-state index in [1.165, 1.54) is 24.3 Å². The molecule has 1 aromatic carbocycles. The molecule has 0 amide bonds. The van der Waals surface area contributed by atoms with Gasteiger partial charge in [-0.1, -0.05) is 6.07 Å². The van der Waals surface area contributed by atoms with Crippen LogP contribution in [0.5, 0.6) is 0 Å². The Morgan fingerprint density at radius 2 is 1.91 bits per heavy atom. The lowest BCUT2D eigenvalue weighted by atomic mass is 10.1. The second-order valence-corrected chi connectivity index (χ2v) is 4.84. The van der Waals surface area contributed by atoms with Crippen LogP contribution in [0.2, 0.25) is 0 Å². The Bertz CT molecular complexity index is 981. The van der Waals surface area contributed by atoms with Crippen LogP contribution in [0.4, 0.5) is 11.4 Å². The number of nitro benzene ring substituents is 1. The number of pyridine rings is 1. The highest BCUT2D eigenvalue weighted by Crippen LogP contribution is 2.27. The second kappa shape index (κ2) is 5.27. The molecule has 0 aliphatic carbocycles. The van der Waals surface area contributed by atoms with Gasteiger partial charge in [0.15, 0.2) is 0 Å². The van der Waals surface area contributed by atoms with Gasteiger partial charge in [-0.3, -0.25) is 14.9 Å². The fourth-order valence-corrected chi connectivity index (χ4v) is 2.45. The van der Waals surface area contributed by atoms with Crippen molar-refractivity contribution in [3.05, 3.63) is 75.6 Å². The molecule has 112 valence electrons. The third kappa shape index (κ3) is 2.18. The molecular formula is C16H10N4O3. The average molecular weight is 306 g/mol. The van der Waals surface area contributed by atoms with E-state index in [2.05, 4.69) is 0 Å². The quantitative estimate of drug-likeness (QED) is 0.453. The monoisotopic (exact) mass is 306 g/mol. The molecule has 2 N–H and O–H groups in total. The molecule has 0 aliphatic rings. The molecule has 0 unspecified atom stereocenters. The molecule has 0 bridgehead atoms. The minimum absolute atomic E-state index is 0.0991. The van der Waals surface area contributed by atoms with Crippen molar-refractivity contribution in [1.29, 1.82) is 5.26 Å². The fourth-order valence-electron chi connectivity index (χ4n) is 2.45. The van der Waals surface area contributed by atoms with E-state index in [4.69, 9.17) is 5.73 Å². The minimum atomic E-state index is -0.539. The number of nitriles is 1. The lowest BCUT2D eigenvalue weighted by molar-refractivity contribution is -0.384. The maximum Gasteiger partial charge on any atom is 0.269 e. The number of carbonyl (C=O) groups is 1. The van der Waals surface area contributed by atoms with Crippen LogP contribution >= 0.6 is 0 Å². The number of nitrogen functional groups attached to an aromatic ring is 1. The van der Waals surface area contributed by atoms with Crippen LogP contribution in [0.1, 0.15) is 21.6 Å². The van der Waals surface area contributed by atoms with Crippen molar-refractivity contribution in [1.82, 2.24) is 4.40 Å². The Balaban J connectivity index is 2.17. The van der Waals surface area contributed by atoms with Gasteiger partial charge in [0.05, 0.1) is 16.1 Å². The Labute approximate surface area is 130 Å². The predicted octanol–water partition coefficient (Wildman–Crippen LogP) is 2.53. The first-order valence-electron chi connectivity index (χ1n) is 6.62. The molecular weight excluding hydrogens is 296 g/mol. The van der Waals surface area contributed by atoms with Gasteiger partial charge in [0.1, 0.15) is 17.3 Å². The number of benzene rings is 1. The molecule has 0 atom stereocenters. The molecule has 0 aliphatic heterocycles.